The van der Waals surface area contributed by atoms with Gasteiger partial charge in [0.15, 0.2) is 0 Å². The van der Waals surface area contributed by atoms with Gasteiger partial charge in [-0.2, -0.15) is 0 Å². The Labute approximate surface area is 104 Å². The second kappa shape index (κ2) is 6.18. The molecule has 0 radical (unpaired) electrons. The minimum atomic E-state index is -0.184. The molecule has 2 atom stereocenters. The van der Waals surface area contributed by atoms with Gasteiger partial charge in [-0.05, 0) is 38.3 Å². The number of rotatable bonds is 4. The Hall–Kier alpha value is -0.860. The van der Waals surface area contributed by atoms with Crippen molar-refractivity contribution >= 4 is 0 Å². The molecule has 0 spiro atoms. The third kappa shape index (κ3) is 3.83. The molecule has 1 saturated heterocycles. The highest BCUT2D eigenvalue weighted by Crippen LogP contribution is 2.22. The van der Waals surface area contributed by atoms with Crippen molar-refractivity contribution in [3.05, 3.63) is 35.9 Å². The third-order valence-electron chi connectivity index (χ3n) is 3.59. The van der Waals surface area contributed by atoms with E-state index in [1.165, 1.54) is 31.4 Å². The fourth-order valence-corrected chi connectivity index (χ4v) is 2.75. The van der Waals surface area contributed by atoms with E-state index in [0.29, 0.717) is 6.04 Å². The van der Waals surface area contributed by atoms with Crippen LogP contribution in [-0.2, 0) is 6.54 Å². The van der Waals surface area contributed by atoms with Crippen molar-refractivity contribution in [3.8, 4) is 0 Å². The molecule has 0 bridgehead atoms. The van der Waals surface area contributed by atoms with Gasteiger partial charge in [0.05, 0.1) is 6.10 Å². The molecule has 1 N–H and O–H groups in total. The third-order valence-corrected chi connectivity index (χ3v) is 3.59. The van der Waals surface area contributed by atoms with Gasteiger partial charge in [0, 0.05) is 12.6 Å². The van der Waals surface area contributed by atoms with Crippen LogP contribution in [0.1, 0.15) is 38.2 Å². The summed E-state index contributed by atoms with van der Waals surface area (Å²) in [5.74, 6) is 0. The zero-order valence-corrected chi connectivity index (χ0v) is 10.7. The first kappa shape index (κ1) is 12.6. The van der Waals surface area contributed by atoms with Crippen molar-refractivity contribution in [3.63, 3.8) is 0 Å². The topological polar surface area (TPSA) is 23.5 Å². The largest absolute Gasteiger partial charge is 0.393 e. The summed E-state index contributed by atoms with van der Waals surface area (Å²) in [4.78, 5) is 2.53. The lowest BCUT2D eigenvalue weighted by molar-refractivity contribution is 0.0818. The maximum absolute atomic E-state index is 9.56. The first-order valence-electron chi connectivity index (χ1n) is 6.72. The number of piperidine rings is 1. The van der Waals surface area contributed by atoms with Gasteiger partial charge in [0.1, 0.15) is 0 Å². The summed E-state index contributed by atoms with van der Waals surface area (Å²) >= 11 is 0. The molecule has 0 amide bonds. The molecule has 2 heteroatoms. The SMILES string of the molecule is C[C@H](O)C[C@@H]1CCCCN1Cc1ccccc1. The normalized spacial score (nSPS) is 23.5. The molecular formula is C15H23NO. The van der Waals surface area contributed by atoms with E-state index in [0.717, 1.165) is 13.0 Å². The number of hydrogen-bond donors (Lipinski definition) is 1. The molecule has 1 fully saturated rings. The summed E-state index contributed by atoms with van der Waals surface area (Å²) < 4.78 is 0. The number of benzene rings is 1. The maximum Gasteiger partial charge on any atom is 0.0527 e. The molecular weight excluding hydrogens is 210 g/mol. The molecule has 94 valence electrons. The standard InChI is InChI=1S/C15H23NO/c1-13(17)11-15-9-5-6-10-16(15)12-14-7-3-2-4-8-14/h2-4,7-8,13,15,17H,5-6,9-12H2,1H3/t13-,15-/m0/s1. The van der Waals surface area contributed by atoms with E-state index in [1.54, 1.807) is 0 Å². The predicted octanol–water partition coefficient (Wildman–Crippen LogP) is 2.81. The Balaban J connectivity index is 1.96. The zero-order chi connectivity index (χ0) is 12.1. The minimum absolute atomic E-state index is 0.184. The summed E-state index contributed by atoms with van der Waals surface area (Å²) in [7, 11) is 0. The van der Waals surface area contributed by atoms with Gasteiger partial charge < -0.3 is 5.11 Å². The molecule has 2 nitrogen and oxygen atoms in total. The number of aliphatic hydroxyl groups is 1. The lowest BCUT2D eigenvalue weighted by Crippen LogP contribution is -2.40. The molecule has 0 unspecified atom stereocenters. The second-order valence-electron chi connectivity index (χ2n) is 5.19. The van der Waals surface area contributed by atoms with E-state index in [2.05, 4.69) is 35.2 Å². The number of nitrogens with zero attached hydrogens (tertiary/aromatic N) is 1. The molecule has 1 aromatic rings. The first-order chi connectivity index (χ1) is 8.25. The Bertz CT molecular complexity index is 323. The fourth-order valence-electron chi connectivity index (χ4n) is 2.75. The molecule has 2 rings (SSSR count). The molecule has 0 aliphatic carbocycles. The van der Waals surface area contributed by atoms with Crippen LogP contribution in [0.15, 0.2) is 30.3 Å². The maximum atomic E-state index is 9.56. The summed E-state index contributed by atoms with van der Waals surface area (Å²) in [5, 5.41) is 9.56. The van der Waals surface area contributed by atoms with Gasteiger partial charge >= 0.3 is 0 Å². The number of hydrogen-bond acceptors (Lipinski definition) is 2. The van der Waals surface area contributed by atoms with Crippen molar-refractivity contribution in [2.24, 2.45) is 0 Å². The van der Waals surface area contributed by atoms with Crippen LogP contribution in [0.2, 0.25) is 0 Å². The molecule has 17 heavy (non-hydrogen) atoms. The van der Waals surface area contributed by atoms with Crippen LogP contribution in [0.3, 0.4) is 0 Å². The van der Waals surface area contributed by atoms with E-state index < -0.39 is 0 Å². The Kier molecular flexibility index (Phi) is 4.57. The average molecular weight is 233 g/mol. The van der Waals surface area contributed by atoms with Gasteiger partial charge in [-0.15, -0.1) is 0 Å². The zero-order valence-electron chi connectivity index (χ0n) is 10.7. The highest BCUT2D eigenvalue weighted by Gasteiger charge is 2.23. The Morgan fingerprint density at radius 2 is 2.06 bits per heavy atom. The number of likely N-dealkylation sites (tertiary alicyclic amines) is 1. The quantitative estimate of drug-likeness (QED) is 0.864. The van der Waals surface area contributed by atoms with Crippen molar-refractivity contribution < 1.29 is 5.11 Å². The van der Waals surface area contributed by atoms with Crippen molar-refractivity contribution in [2.45, 2.75) is 51.3 Å². The van der Waals surface area contributed by atoms with E-state index >= 15 is 0 Å². The first-order valence-corrected chi connectivity index (χ1v) is 6.72. The molecule has 1 aliphatic heterocycles. The lowest BCUT2D eigenvalue weighted by atomic mass is 9.96. The van der Waals surface area contributed by atoms with Crippen molar-refractivity contribution in [2.75, 3.05) is 6.54 Å². The Morgan fingerprint density at radius 1 is 1.29 bits per heavy atom. The minimum Gasteiger partial charge on any atom is -0.393 e. The van der Waals surface area contributed by atoms with Gasteiger partial charge in [0.2, 0.25) is 0 Å². The average Bonchev–Trinajstić information content (AvgIpc) is 2.32. The Morgan fingerprint density at radius 3 is 2.76 bits per heavy atom. The van der Waals surface area contributed by atoms with Gasteiger partial charge in [-0.3, -0.25) is 4.90 Å². The second-order valence-corrected chi connectivity index (χ2v) is 5.19. The molecule has 1 aromatic carbocycles. The van der Waals surface area contributed by atoms with Crippen LogP contribution in [-0.4, -0.2) is 28.7 Å². The molecule has 0 saturated carbocycles. The highest BCUT2D eigenvalue weighted by molar-refractivity contribution is 5.14. The van der Waals surface area contributed by atoms with Gasteiger partial charge in [0.25, 0.3) is 0 Å². The van der Waals surface area contributed by atoms with Crippen molar-refractivity contribution in [1.82, 2.24) is 4.90 Å². The smallest absolute Gasteiger partial charge is 0.0527 e. The van der Waals surface area contributed by atoms with Gasteiger partial charge in [-0.1, -0.05) is 36.8 Å². The van der Waals surface area contributed by atoms with E-state index in [-0.39, 0.29) is 6.10 Å². The summed E-state index contributed by atoms with van der Waals surface area (Å²) in [6.45, 7) is 4.10. The van der Waals surface area contributed by atoms with E-state index in [4.69, 9.17) is 0 Å². The van der Waals surface area contributed by atoms with Crippen LogP contribution in [0, 0.1) is 0 Å². The van der Waals surface area contributed by atoms with E-state index in [9.17, 15) is 5.11 Å². The fraction of sp³-hybridized carbons (Fsp3) is 0.600. The summed E-state index contributed by atoms with van der Waals surface area (Å²) in [5.41, 5.74) is 1.38. The van der Waals surface area contributed by atoms with Gasteiger partial charge in [-0.25, -0.2) is 0 Å². The number of aliphatic hydroxyl groups excluding tert-OH is 1. The summed E-state index contributed by atoms with van der Waals surface area (Å²) in [6.07, 6.45) is 4.56. The summed E-state index contributed by atoms with van der Waals surface area (Å²) in [6, 6.07) is 11.2. The van der Waals surface area contributed by atoms with Crippen LogP contribution in [0.5, 0.6) is 0 Å². The predicted molar refractivity (Wildman–Crippen MR) is 70.8 cm³/mol. The van der Waals surface area contributed by atoms with Crippen LogP contribution < -0.4 is 0 Å². The molecule has 1 aliphatic rings. The molecule has 0 aromatic heterocycles. The highest BCUT2D eigenvalue weighted by atomic mass is 16.3. The van der Waals surface area contributed by atoms with Crippen LogP contribution in [0.25, 0.3) is 0 Å². The lowest BCUT2D eigenvalue weighted by Gasteiger charge is -2.36. The van der Waals surface area contributed by atoms with Crippen molar-refractivity contribution in [1.29, 1.82) is 0 Å². The van der Waals surface area contributed by atoms with Crippen LogP contribution in [0.4, 0.5) is 0 Å². The van der Waals surface area contributed by atoms with Crippen LogP contribution >= 0.6 is 0 Å². The van der Waals surface area contributed by atoms with E-state index in [1.807, 2.05) is 6.92 Å². The molecule has 1 heterocycles. The monoisotopic (exact) mass is 233 g/mol.